The number of ketones is 1. The van der Waals surface area contributed by atoms with Crippen molar-refractivity contribution in [2.45, 2.75) is 40.3 Å². The zero-order chi connectivity index (χ0) is 29.2. The number of nitrogens with zero attached hydrogens (tertiary/aromatic N) is 3. The molecule has 2 heterocycles. The molecule has 8 heteroatoms. The van der Waals surface area contributed by atoms with Gasteiger partial charge in [-0.3, -0.25) is 14.7 Å². The molecule has 0 amide bonds. The fourth-order valence-electron chi connectivity index (χ4n) is 4.82. The lowest BCUT2D eigenvalue weighted by molar-refractivity contribution is -0.117. The van der Waals surface area contributed by atoms with E-state index in [-0.39, 0.29) is 24.6 Å². The number of aromatic nitrogens is 1. The third-order valence-electron chi connectivity index (χ3n) is 7.02. The van der Waals surface area contributed by atoms with Crippen LogP contribution < -0.4 is 14.8 Å². The molecule has 2 aromatic carbocycles. The number of likely N-dealkylation sites (N-methyl/N-ethyl adjacent to an activating group) is 1. The normalized spacial score (nSPS) is 14.4. The fraction of sp³-hybridized carbons (Fsp3) is 0.455. The molecule has 4 rings (SSSR count). The molecule has 1 aliphatic rings. The maximum atomic E-state index is 14.1. The smallest absolute Gasteiger partial charge is 0.152 e. The van der Waals surface area contributed by atoms with E-state index in [9.17, 15) is 9.18 Å². The van der Waals surface area contributed by atoms with Gasteiger partial charge < -0.3 is 19.7 Å². The Bertz CT molecular complexity index is 1270. The maximum Gasteiger partial charge on any atom is 0.152 e. The number of carbonyl (C=O) groups is 1. The van der Waals surface area contributed by atoms with Gasteiger partial charge in [-0.25, -0.2) is 4.39 Å². The second-order valence-electron chi connectivity index (χ2n) is 11.2. The molecule has 1 saturated heterocycles. The molecule has 3 aromatic rings. The number of nitrogens with one attached hydrogen (secondary N) is 1. The molecule has 0 aliphatic carbocycles. The van der Waals surface area contributed by atoms with Crippen LogP contribution in [0.25, 0.3) is 11.1 Å². The maximum absolute atomic E-state index is 14.1. The van der Waals surface area contributed by atoms with Gasteiger partial charge >= 0.3 is 0 Å². The van der Waals surface area contributed by atoms with Crippen LogP contribution in [0.15, 0.2) is 54.6 Å². The summed E-state index contributed by atoms with van der Waals surface area (Å²) in [6.07, 6.45) is 0.234. The molecular weight excluding hydrogens is 519 g/mol. The fourth-order valence-corrected chi connectivity index (χ4v) is 4.82. The highest BCUT2D eigenvalue weighted by atomic mass is 19.1. The number of pyridine rings is 1. The molecule has 0 bridgehead atoms. The zero-order valence-electron chi connectivity index (χ0n) is 24.8. The van der Waals surface area contributed by atoms with Gasteiger partial charge in [0.05, 0.1) is 31.9 Å². The Morgan fingerprint density at radius 2 is 1.76 bits per heavy atom. The van der Waals surface area contributed by atoms with Crippen LogP contribution in [0, 0.1) is 11.7 Å². The van der Waals surface area contributed by atoms with Gasteiger partial charge in [0, 0.05) is 56.6 Å². The summed E-state index contributed by atoms with van der Waals surface area (Å²) in [4.78, 5) is 22.6. The Morgan fingerprint density at radius 1 is 1.00 bits per heavy atom. The Kier molecular flexibility index (Phi) is 11.2. The summed E-state index contributed by atoms with van der Waals surface area (Å²) in [6, 6.07) is 16.8. The number of Topliss-reactive ketones (excluding diaryl/α,β-unsaturated/α-hetero) is 1. The number of halogens is 1. The monoisotopic (exact) mass is 562 g/mol. The molecule has 1 aromatic heterocycles. The standard InChI is InChI=1S/C33H43FN4O3/c1-5-40-30-9-6-26(7-10-30)32-11-8-28(36-33(32)22-38-14-12-37(4)13-15-38)19-29(39)21-35-20-25-16-27(34)18-31(17-25)41-23-24(2)3/h6-11,16-18,24,35H,5,12-15,19-23H2,1-4H3. The van der Waals surface area contributed by atoms with Crippen LogP contribution in [0.1, 0.15) is 37.7 Å². The molecule has 1 aliphatic heterocycles. The molecule has 0 atom stereocenters. The highest BCUT2D eigenvalue weighted by molar-refractivity contribution is 5.82. The van der Waals surface area contributed by atoms with Crippen LogP contribution >= 0.6 is 0 Å². The SMILES string of the molecule is CCOc1ccc(-c2ccc(CC(=O)CNCc3cc(F)cc(OCC(C)C)c3)nc2CN2CCN(C)CC2)cc1. The molecule has 41 heavy (non-hydrogen) atoms. The third-order valence-corrected chi connectivity index (χ3v) is 7.02. The van der Waals surface area contributed by atoms with Crippen LogP contribution in [0.3, 0.4) is 0 Å². The van der Waals surface area contributed by atoms with E-state index >= 15 is 0 Å². The number of rotatable bonds is 14. The number of piperazine rings is 1. The zero-order valence-corrected chi connectivity index (χ0v) is 24.8. The van der Waals surface area contributed by atoms with E-state index in [1.165, 1.54) is 12.1 Å². The van der Waals surface area contributed by atoms with Gasteiger partial charge in [-0.15, -0.1) is 0 Å². The Morgan fingerprint density at radius 3 is 2.46 bits per heavy atom. The quantitative estimate of drug-likeness (QED) is 0.298. The summed E-state index contributed by atoms with van der Waals surface area (Å²) in [5.74, 6) is 1.38. The topological polar surface area (TPSA) is 66.9 Å². The minimum atomic E-state index is -0.348. The van der Waals surface area contributed by atoms with E-state index in [1.807, 2.05) is 45.0 Å². The summed E-state index contributed by atoms with van der Waals surface area (Å²) in [6.45, 7) is 12.5. The first-order chi connectivity index (χ1) is 19.8. The molecule has 0 unspecified atom stereocenters. The minimum absolute atomic E-state index is 0.0320. The lowest BCUT2D eigenvalue weighted by Crippen LogP contribution is -2.44. The second-order valence-corrected chi connectivity index (χ2v) is 11.2. The van der Waals surface area contributed by atoms with Gasteiger partial charge in [0.15, 0.2) is 5.78 Å². The van der Waals surface area contributed by atoms with E-state index in [2.05, 4.69) is 40.4 Å². The molecule has 1 N–H and O–H groups in total. The summed E-state index contributed by atoms with van der Waals surface area (Å²) in [5.41, 5.74) is 4.62. The minimum Gasteiger partial charge on any atom is -0.494 e. The average Bonchev–Trinajstić information content (AvgIpc) is 2.94. The van der Waals surface area contributed by atoms with Gasteiger partial charge in [-0.1, -0.05) is 32.0 Å². The molecule has 220 valence electrons. The van der Waals surface area contributed by atoms with Crippen LogP contribution in [0.4, 0.5) is 4.39 Å². The summed E-state index contributed by atoms with van der Waals surface area (Å²) in [7, 11) is 2.15. The van der Waals surface area contributed by atoms with E-state index in [0.29, 0.717) is 31.4 Å². The number of hydrogen-bond donors (Lipinski definition) is 1. The number of ether oxygens (including phenoxy) is 2. The molecule has 0 spiro atoms. The first kappa shape index (κ1) is 30.6. The molecule has 1 fully saturated rings. The lowest BCUT2D eigenvalue weighted by Gasteiger charge is -2.32. The largest absolute Gasteiger partial charge is 0.494 e. The highest BCUT2D eigenvalue weighted by Gasteiger charge is 2.18. The van der Waals surface area contributed by atoms with Crippen molar-refractivity contribution in [3.8, 4) is 22.6 Å². The number of benzene rings is 2. The van der Waals surface area contributed by atoms with Gasteiger partial charge in [0.2, 0.25) is 0 Å². The number of carbonyl (C=O) groups excluding carboxylic acids is 1. The predicted molar refractivity (Wildman–Crippen MR) is 161 cm³/mol. The third kappa shape index (κ3) is 9.63. The number of hydrogen-bond acceptors (Lipinski definition) is 7. The Labute approximate surface area is 243 Å². The van der Waals surface area contributed by atoms with Crippen LogP contribution in [-0.4, -0.2) is 73.6 Å². The molecule has 0 radical (unpaired) electrons. The summed E-state index contributed by atoms with van der Waals surface area (Å²) in [5, 5.41) is 3.15. The van der Waals surface area contributed by atoms with E-state index in [1.54, 1.807) is 0 Å². The van der Waals surface area contributed by atoms with E-state index in [4.69, 9.17) is 14.5 Å². The van der Waals surface area contributed by atoms with Gasteiger partial charge in [0.1, 0.15) is 17.3 Å². The predicted octanol–water partition coefficient (Wildman–Crippen LogP) is 4.97. The van der Waals surface area contributed by atoms with Crippen molar-refractivity contribution < 1.29 is 18.7 Å². The first-order valence-corrected chi connectivity index (χ1v) is 14.6. The van der Waals surface area contributed by atoms with Crippen LogP contribution in [-0.2, 0) is 24.3 Å². The van der Waals surface area contributed by atoms with Crippen LogP contribution in [0.2, 0.25) is 0 Å². The van der Waals surface area contributed by atoms with Gasteiger partial charge in [-0.05, 0) is 61.3 Å². The van der Waals surface area contributed by atoms with Crippen molar-refractivity contribution in [3.63, 3.8) is 0 Å². The van der Waals surface area contributed by atoms with Crippen molar-refractivity contribution in [2.75, 3.05) is 53.0 Å². The highest BCUT2D eigenvalue weighted by Crippen LogP contribution is 2.27. The second kappa shape index (κ2) is 15.1. The molecule has 7 nitrogen and oxygen atoms in total. The summed E-state index contributed by atoms with van der Waals surface area (Å²) >= 11 is 0. The van der Waals surface area contributed by atoms with Gasteiger partial charge in [-0.2, -0.15) is 0 Å². The first-order valence-electron chi connectivity index (χ1n) is 14.6. The average molecular weight is 563 g/mol. The van der Waals surface area contributed by atoms with E-state index < -0.39 is 0 Å². The lowest BCUT2D eigenvalue weighted by atomic mass is 10.0. The van der Waals surface area contributed by atoms with Gasteiger partial charge in [0.25, 0.3) is 0 Å². The molecule has 0 saturated carbocycles. The van der Waals surface area contributed by atoms with Crippen molar-refractivity contribution in [3.05, 3.63) is 77.4 Å². The van der Waals surface area contributed by atoms with Crippen molar-refractivity contribution >= 4 is 5.78 Å². The Hall–Kier alpha value is -3.33. The summed E-state index contributed by atoms with van der Waals surface area (Å²) < 4.78 is 25.4. The van der Waals surface area contributed by atoms with Crippen molar-refractivity contribution in [1.82, 2.24) is 20.1 Å². The Balaban J connectivity index is 1.40. The van der Waals surface area contributed by atoms with Crippen LogP contribution in [0.5, 0.6) is 11.5 Å². The van der Waals surface area contributed by atoms with E-state index in [0.717, 1.165) is 66.6 Å². The van der Waals surface area contributed by atoms with Crippen molar-refractivity contribution in [2.24, 2.45) is 5.92 Å². The van der Waals surface area contributed by atoms with Crippen molar-refractivity contribution in [1.29, 1.82) is 0 Å². The molecular formula is C33H43FN4O3.